The number of carboxylic acid groups (broad SMARTS) is 1. The molecule has 14 N–H and O–H groups in total. The van der Waals surface area contributed by atoms with Gasteiger partial charge in [0.15, 0.2) is 5.96 Å². The lowest BCUT2D eigenvalue weighted by atomic mass is 10.1. The number of thiol groups is 1. The number of amides is 5. The summed E-state index contributed by atoms with van der Waals surface area (Å²) >= 11 is 3.86. The van der Waals surface area contributed by atoms with E-state index in [0.29, 0.717) is 0 Å². The molecule has 0 rings (SSSR count). The van der Waals surface area contributed by atoms with Crippen LogP contribution in [0.1, 0.15) is 25.7 Å². The van der Waals surface area contributed by atoms with Crippen molar-refractivity contribution >= 4 is 54.1 Å². The number of nitrogens with zero attached hydrogens (tertiary/aromatic N) is 1. The highest BCUT2D eigenvalue weighted by atomic mass is 32.1. The minimum Gasteiger partial charge on any atom is -0.480 e. The van der Waals surface area contributed by atoms with Crippen LogP contribution in [0, 0.1) is 0 Å². The van der Waals surface area contributed by atoms with Crippen molar-refractivity contribution in [3.63, 3.8) is 0 Å². The molecule has 4 unspecified atom stereocenters. The second-order valence-corrected chi connectivity index (χ2v) is 7.47. The molecule has 0 aliphatic carbocycles. The second kappa shape index (κ2) is 15.3. The number of hydrogen-bond acceptors (Lipinski definition) is 9. The Morgan fingerprint density at radius 3 is 1.62 bits per heavy atom. The van der Waals surface area contributed by atoms with E-state index in [4.69, 9.17) is 28.7 Å². The SMILES string of the molecule is NC(=O)CC(NC(=O)C(N)CS)C(=O)NC(CC(N)=O)C(=O)NC(CCCN=C(N)N)C(=O)O. The molecule has 16 nitrogen and oxygen atoms in total. The molecule has 0 saturated carbocycles. The minimum atomic E-state index is -1.62. The molecule has 34 heavy (non-hydrogen) atoms. The summed E-state index contributed by atoms with van der Waals surface area (Å²) in [4.78, 5) is 75.2. The number of nitrogens with one attached hydrogen (secondary N) is 3. The predicted molar refractivity (Wildman–Crippen MR) is 123 cm³/mol. The van der Waals surface area contributed by atoms with E-state index < -0.39 is 72.5 Å². The Hall–Kier alpha value is -3.60. The summed E-state index contributed by atoms with van der Waals surface area (Å²) in [5.41, 5.74) is 26.1. The maximum Gasteiger partial charge on any atom is 0.326 e. The largest absolute Gasteiger partial charge is 0.480 e. The molecule has 5 amide bonds. The molecular weight excluding hydrogens is 474 g/mol. The average molecular weight is 506 g/mol. The quantitative estimate of drug-likeness (QED) is 0.0410. The zero-order chi connectivity index (χ0) is 26.4. The molecule has 192 valence electrons. The summed E-state index contributed by atoms with van der Waals surface area (Å²) in [5, 5.41) is 15.9. The number of aliphatic imine (C=N–C) groups is 1. The van der Waals surface area contributed by atoms with Crippen LogP contribution in [0.25, 0.3) is 0 Å². The van der Waals surface area contributed by atoms with Crippen LogP contribution in [-0.4, -0.2) is 83.0 Å². The highest BCUT2D eigenvalue weighted by Gasteiger charge is 2.31. The lowest BCUT2D eigenvalue weighted by Gasteiger charge is -2.24. The first-order valence-corrected chi connectivity index (χ1v) is 10.5. The van der Waals surface area contributed by atoms with Crippen molar-refractivity contribution in [2.45, 2.75) is 49.9 Å². The van der Waals surface area contributed by atoms with Gasteiger partial charge in [-0.1, -0.05) is 0 Å². The van der Waals surface area contributed by atoms with Gasteiger partial charge in [0.25, 0.3) is 0 Å². The van der Waals surface area contributed by atoms with Crippen LogP contribution < -0.4 is 44.6 Å². The number of carbonyl (C=O) groups is 6. The van der Waals surface area contributed by atoms with Gasteiger partial charge < -0.3 is 49.7 Å². The monoisotopic (exact) mass is 505 g/mol. The number of nitrogens with two attached hydrogens (primary N) is 5. The molecule has 0 saturated heterocycles. The lowest BCUT2D eigenvalue weighted by Crippen LogP contribution is -2.58. The van der Waals surface area contributed by atoms with Crippen LogP contribution >= 0.6 is 12.6 Å². The Kier molecular flexibility index (Phi) is 13.7. The molecule has 17 heteroatoms. The molecule has 0 aromatic carbocycles. The Morgan fingerprint density at radius 2 is 1.24 bits per heavy atom. The Bertz CT molecular complexity index is 804. The van der Waals surface area contributed by atoms with Crippen LogP contribution in [0.15, 0.2) is 4.99 Å². The van der Waals surface area contributed by atoms with Gasteiger partial charge >= 0.3 is 5.97 Å². The average Bonchev–Trinajstić information content (AvgIpc) is 2.72. The summed E-state index contributed by atoms with van der Waals surface area (Å²) < 4.78 is 0. The van der Waals surface area contributed by atoms with Gasteiger partial charge in [0.1, 0.15) is 18.1 Å². The smallest absolute Gasteiger partial charge is 0.326 e. The topological polar surface area (TPSA) is 301 Å². The summed E-state index contributed by atoms with van der Waals surface area (Å²) in [5.74, 6) is -6.51. The van der Waals surface area contributed by atoms with Gasteiger partial charge in [0, 0.05) is 12.3 Å². The van der Waals surface area contributed by atoms with Gasteiger partial charge in [-0.25, -0.2) is 4.79 Å². The maximum absolute atomic E-state index is 12.6. The van der Waals surface area contributed by atoms with E-state index in [1.165, 1.54) is 0 Å². The fourth-order valence-electron chi connectivity index (χ4n) is 2.49. The second-order valence-electron chi connectivity index (χ2n) is 7.10. The van der Waals surface area contributed by atoms with Crippen LogP contribution in [0.5, 0.6) is 0 Å². The lowest BCUT2D eigenvalue weighted by molar-refractivity contribution is -0.142. The third kappa shape index (κ3) is 12.4. The zero-order valence-corrected chi connectivity index (χ0v) is 19.1. The number of carboxylic acids is 1. The Balaban J connectivity index is 5.45. The van der Waals surface area contributed by atoms with Crippen molar-refractivity contribution in [1.82, 2.24) is 16.0 Å². The molecule has 0 aliphatic rings. The standard InChI is InChI=1S/C17H31N9O7S/c18-7(6-34)13(29)25-9(4-11(19)27)15(31)26-10(5-12(20)28)14(30)24-8(16(32)33)2-1-3-23-17(21)22/h7-10,34H,1-6,18H2,(H2,19,27)(H2,20,28)(H,24,30)(H,25,29)(H,26,31)(H,32,33)(H4,21,22,23). The number of aliphatic carboxylic acids is 1. The van der Waals surface area contributed by atoms with Gasteiger partial charge in [-0.05, 0) is 12.8 Å². The number of rotatable bonds is 16. The normalized spacial score (nSPS) is 13.9. The van der Waals surface area contributed by atoms with E-state index in [0.717, 1.165) is 0 Å². The van der Waals surface area contributed by atoms with E-state index in [-0.39, 0.29) is 31.1 Å². The number of hydrogen-bond donors (Lipinski definition) is 10. The molecule has 0 radical (unpaired) electrons. The molecule has 0 spiro atoms. The summed E-state index contributed by atoms with van der Waals surface area (Å²) in [6.07, 6.45) is -1.23. The highest BCUT2D eigenvalue weighted by molar-refractivity contribution is 7.80. The molecule has 0 aromatic heterocycles. The number of guanidine groups is 1. The van der Waals surface area contributed by atoms with Crippen molar-refractivity contribution in [3.05, 3.63) is 0 Å². The maximum atomic E-state index is 12.6. The van der Waals surface area contributed by atoms with Gasteiger partial charge in [0.05, 0.1) is 18.9 Å². The fraction of sp³-hybridized carbons (Fsp3) is 0.588. The zero-order valence-electron chi connectivity index (χ0n) is 18.2. The van der Waals surface area contributed by atoms with Crippen molar-refractivity contribution in [1.29, 1.82) is 0 Å². The molecule has 0 aromatic rings. The number of primary amides is 2. The molecule has 0 aliphatic heterocycles. The minimum absolute atomic E-state index is 0.0663. The molecular formula is C17H31N9O7S. The molecule has 0 fully saturated rings. The van der Waals surface area contributed by atoms with Crippen molar-refractivity contribution in [3.8, 4) is 0 Å². The fourth-order valence-corrected chi connectivity index (χ4v) is 2.65. The Morgan fingerprint density at radius 1 is 0.794 bits per heavy atom. The van der Waals surface area contributed by atoms with Crippen molar-refractivity contribution < 1.29 is 33.9 Å². The van der Waals surface area contributed by atoms with E-state index >= 15 is 0 Å². The Labute approximate surface area is 200 Å². The van der Waals surface area contributed by atoms with Gasteiger partial charge in [0.2, 0.25) is 29.5 Å². The van der Waals surface area contributed by atoms with Crippen LogP contribution in [0.4, 0.5) is 0 Å². The highest BCUT2D eigenvalue weighted by Crippen LogP contribution is 2.03. The molecule has 4 atom stereocenters. The van der Waals surface area contributed by atoms with E-state index in [9.17, 15) is 33.9 Å². The van der Waals surface area contributed by atoms with Gasteiger partial charge in [-0.2, -0.15) is 12.6 Å². The molecule has 0 heterocycles. The van der Waals surface area contributed by atoms with Crippen LogP contribution in [0.2, 0.25) is 0 Å². The summed E-state index contributed by atoms with van der Waals surface area (Å²) in [7, 11) is 0. The van der Waals surface area contributed by atoms with E-state index in [2.05, 4.69) is 33.6 Å². The number of carbonyl (C=O) groups excluding carboxylic acids is 5. The first kappa shape index (κ1) is 30.4. The van der Waals surface area contributed by atoms with Crippen molar-refractivity contribution in [2.24, 2.45) is 33.7 Å². The van der Waals surface area contributed by atoms with E-state index in [1.54, 1.807) is 0 Å². The van der Waals surface area contributed by atoms with Crippen LogP contribution in [0.3, 0.4) is 0 Å². The first-order valence-electron chi connectivity index (χ1n) is 9.90. The predicted octanol–water partition coefficient (Wildman–Crippen LogP) is -5.41. The first-order chi connectivity index (χ1) is 15.8. The van der Waals surface area contributed by atoms with Gasteiger partial charge in [-0.3, -0.25) is 29.0 Å². The summed E-state index contributed by atoms with van der Waals surface area (Å²) in [6, 6.07) is -5.65. The third-order valence-electron chi connectivity index (χ3n) is 4.17. The van der Waals surface area contributed by atoms with Gasteiger partial charge in [-0.15, -0.1) is 0 Å². The third-order valence-corrected chi connectivity index (χ3v) is 4.56. The van der Waals surface area contributed by atoms with Crippen molar-refractivity contribution in [2.75, 3.05) is 12.3 Å². The summed E-state index contributed by atoms with van der Waals surface area (Å²) in [6.45, 7) is 0.104. The van der Waals surface area contributed by atoms with E-state index in [1.807, 2.05) is 0 Å². The van der Waals surface area contributed by atoms with Crippen LogP contribution in [-0.2, 0) is 28.8 Å². The molecule has 0 bridgehead atoms.